The third-order valence-corrected chi connectivity index (χ3v) is 9.95. The van der Waals surface area contributed by atoms with E-state index in [1.165, 1.54) is 6.07 Å². The van der Waals surface area contributed by atoms with E-state index in [0.717, 1.165) is 51.3 Å². The molecule has 4 fully saturated rings. The molecule has 2 aromatic heterocycles. The van der Waals surface area contributed by atoms with Crippen LogP contribution in [0.3, 0.4) is 0 Å². The van der Waals surface area contributed by atoms with E-state index in [1.54, 1.807) is 0 Å². The molecule has 230 valence electrons. The maximum absolute atomic E-state index is 16.6. The molecule has 4 saturated heterocycles. The third kappa shape index (κ3) is 5.04. The normalized spacial score (nSPS) is 27.3. The summed E-state index contributed by atoms with van der Waals surface area (Å²) < 4.78 is 65.3. The van der Waals surface area contributed by atoms with Crippen molar-refractivity contribution < 1.29 is 22.3 Å². The summed E-state index contributed by atoms with van der Waals surface area (Å²) in [5.41, 5.74) is 2.98. The third-order valence-electron chi connectivity index (χ3n) is 9.38. The molecule has 1 aromatic carbocycles. The number of benzene rings is 1. The van der Waals surface area contributed by atoms with Crippen molar-refractivity contribution >= 4 is 45.7 Å². The molecule has 3 N–H and O–H groups in total. The number of alkyl halides is 3. The van der Waals surface area contributed by atoms with Crippen LogP contribution in [0, 0.1) is 11.7 Å². The van der Waals surface area contributed by atoms with Crippen molar-refractivity contribution in [1.82, 2.24) is 25.2 Å². The van der Waals surface area contributed by atoms with Crippen molar-refractivity contribution in [2.45, 2.75) is 62.8 Å². The monoisotopic (exact) mass is 639 g/mol. The van der Waals surface area contributed by atoms with Gasteiger partial charge in [0.2, 0.25) is 0 Å². The predicted octanol–water partition coefficient (Wildman–Crippen LogP) is 5.93. The van der Waals surface area contributed by atoms with Gasteiger partial charge in [-0.15, -0.1) is 0 Å². The Labute approximate surface area is 255 Å². The second-order valence-corrected chi connectivity index (χ2v) is 13.2. The van der Waals surface area contributed by atoms with Gasteiger partial charge >= 0.3 is 12.2 Å². The van der Waals surface area contributed by atoms with E-state index in [0.29, 0.717) is 31.4 Å². The molecule has 7 rings (SSSR count). The second kappa shape index (κ2) is 10.5. The Morgan fingerprint density at radius 1 is 1.12 bits per heavy atom. The van der Waals surface area contributed by atoms with E-state index in [9.17, 15) is 13.2 Å². The van der Waals surface area contributed by atoms with Gasteiger partial charge in [-0.3, -0.25) is 4.90 Å². The maximum Gasteiger partial charge on any atom is 0.419 e. The number of ether oxygens (including phenoxy) is 1. The average molecular weight is 641 g/mol. The largest absolute Gasteiger partial charge is 0.461 e. The number of nitrogen functional groups attached to an aromatic ring is 1. The first-order valence-corrected chi connectivity index (χ1v) is 15.3. The molecule has 43 heavy (non-hydrogen) atoms. The van der Waals surface area contributed by atoms with Crippen molar-refractivity contribution in [3.05, 3.63) is 33.7 Å². The highest BCUT2D eigenvalue weighted by Gasteiger charge is 2.48. The number of nitrogens with two attached hydrogens (primary N) is 1. The van der Waals surface area contributed by atoms with Crippen molar-refractivity contribution in [1.29, 1.82) is 0 Å². The second-order valence-electron chi connectivity index (χ2n) is 12.4. The summed E-state index contributed by atoms with van der Waals surface area (Å²) in [7, 11) is 0. The van der Waals surface area contributed by atoms with E-state index in [1.807, 2.05) is 0 Å². The van der Waals surface area contributed by atoms with E-state index in [-0.39, 0.29) is 45.4 Å². The highest BCUT2D eigenvalue weighted by molar-refractivity contribution is 6.35. The number of rotatable bonds is 5. The lowest BCUT2D eigenvalue weighted by Crippen LogP contribution is -2.51. The average Bonchev–Trinajstić information content (AvgIpc) is 3.56. The van der Waals surface area contributed by atoms with Crippen molar-refractivity contribution in [2.24, 2.45) is 5.92 Å². The number of halogens is 6. The van der Waals surface area contributed by atoms with Crippen molar-refractivity contribution in [3.8, 4) is 17.1 Å². The number of hydrogen-bond donors (Lipinski definition) is 2. The van der Waals surface area contributed by atoms with Crippen LogP contribution in [0.15, 0.2) is 12.1 Å². The minimum Gasteiger partial charge on any atom is -0.461 e. The fraction of sp³-hybridized carbons (Fsp3) is 0.552. The number of nitrogens with one attached hydrogen (secondary N) is 1. The van der Waals surface area contributed by atoms with Gasteiger partial charge in [0.15, 0.2) is 5.82 Å². The Kier molecular flexibility index (Phi) is 7.07. The summed E-state index contributed by atoms with van der Waals surface area (Å²) in [6.45, 7) is 5.81. The molecule has 4 aliphatic rings. The first-order chi connectivity index (χ1) is 20.4. The summed E-state index contributed by atoms with van der Waals surface area (Å²) in [5, 5.41) is 2.71. The number of pyridine rings is 1. The Bertz CT molecular complexity index is 1600. The predicted molar refractivity (Wildman–Crippen MR) is 157 cm³/mol. The lowest BCUT2D eigenvalue weighted by atomic mass is 9.92. The van der Waals surface area contributed by atoms with Crippen LogP contribution < -0.4 is 20.7 Å². The number of nitrogens with zero attached hydrogens (tertiary/aromatic N) is 5. The molecule has 2 bridgehead atoms. The number of anilines is 2. The molecule has 0 amide bonds. The summed E-state index contributed by atoms with van der Waals surface area (Å²) in [6, 6.07) is 2.81. The quantitative estimate of drug-likeness (QED) is 0.262. The van der Waals surface area contributed by atoms with E-state index >= 15 is 4.39 Å². The zero-order valence-electron chi connectivity index (χ0n) is 23.4. The van der Waals surface area contributed by atoms with Crippen LogP contribution in [0.5, 0.6) is 6.01 Å². The van der Waals surface area contributed by atoms with Crippen molar-refractivity contribution in [2.75, 3.05) is 43.4 Å². The molecule has 8 nitrogen and oxygen atoms in total. The van der Waals surface area contributed by atoms with Crippen LogP contribution in [-0.4, -0.2) is 70.3 Å². The molecule has 14 heteroatoms. The van der Waals surface area contributed by atoms with E-state index in [2.05, 4.69) is 32.0 Å². The van der Waals surface area contributed by atoms with Crippen LogP contribution in [-0.2, 0) is 6.18 Å². The fourth-order valence-corrected chi connectivity index (χ4v) is 8.30. The number of piperazine rings is 1. The zero-order valence-corrected chi connectivity index (χ0v) is 25.0. The van der Waals surface area contributed by atoms with Gasteiger partial charge in [-0.05, 0) is 56.7 Å². The maximum atomic E-state index is 16.6. The minimum absolute atomic E-state index is 0.0235. The first-order valence-electron chi connectivity index (χ1n) is 14.5. The molecular formula is C29H31Cl2F4N7O. The minimum atomic E-state index is -4.95. The number of fused-ring (bicyclic) bond motifs is 4. The lowest BCUT2D eigenvalue weighted by Gasteiger charge is -2.35. The van der Waals surface area contributed by atoms with Gasteiger partial charge in [-0.2, -0.15) is 23.1 Å². The fourth-order valence-electron chi connectivity index (χ4n) is 7.70. The Morgan fingerprint density at radius 3 is 2.58 bits per heavy atom. The summed E-state index contributed by atoms with van der Waals surface area (Å²) >= 11 is 12.5. The van der Waals surface area contributed by atoms with Gasteiger partial charge in [0.05, 0.1) is 10.6 Å². The molecule has 4 atom stereocenters. The molecule has 0 radical (unpaired) electrons. The molecule has 6 heterocycles. The SMILES string of the molecule is C[C@H]1CN2CCC[C@@]2(COc2nc(N3CC4CCC(C3)N4)c3cc(Cl)c(-c4cc(N)nc(Cl)c4C(F)(F)F)c(F)c3n2)C1. The summed E-state index contributed by atoms with van der Waals surface area (Å²) in [5.74, 6) is -0.387. The molecule has 2 unspecified atom stereocenters. The van der Waals surface area contributed by atoms with E-state index < -0.39 is 33.8 Å². The molecule has 0 spiro atoms. The van der Waals surface area contributed by atoms with Gasteiger partial charge in [0.1, 0.15) is 34.5 Å². The van der Waals surface area contributed by atoms with Crippen molar-refractivity contribution in [3.63, 3.8) is 0 Å². The number of aromatic nitrogens is 3. The van der Waals surface area contributed by atoms with Crippen LogP contribution in [0.4, 0.5) is 29.2 Å². The number of hydrogen-bond acceptors (Lipinski definition) is 8. The molecule has 3 aromatic rings. The molecule has 0 saturated carbocycles. The summed E-state index contributed by atoms with van der Waals surface area (Å²) in [6.07, 6.45) is 0.0965. The van der Waals surface area contributed by atoms with Gasteiger partial charge in [0.25, 0.3) is 0 Å². The van der Waals surface area contributed by atoms with Crippen LogP contribution >= 0.6 is 23.2 Å². The van der Waals surface area contributed by atoms with Gasteiger partial charge in [0, 0.05) is 48.2 Å². The van der Waals surface area contributed by atoms with E-state index in [4.69, 9.17) is 38.7 Å². The zero-order chi connectivity index (χ0) is 30.3. The summed E-state index contributed by atoms with van der Waals surface area (Å²) in [4.78, 5) is 17.3. The van der Waals surface area contributed by atoms with Crippen LogP contribution in [0.1, 0.15) is 44.6 Å². The molecule has 0 aliphatic carbocycles. The standard InChI is InChI=1S/C29H31Cl2F4N7O/c1-14-9-28(5-2-6-42(28)10-14)13-43-27-39-24-18(26(40-27)41-11-15-3-4-16(12-41)37-15)7-19(30)21(23(24)32)17-8-20(36)38-25(31)22(17)29(33,34)35/h7-8,14-16,37H,2-6,9-13H2,1H3,(H2,36,38)/t14-,15?,16?,28+/m1/s1. The van der Waals surface area contributed by atoms with Crippen LogP contribution in [0.25, 0.3) is 22.0 Å². The topological polar surface area (TPSA) is 92.4 Å². The molecular weight excluding hydrogens is 609 g/mol. The lowest BCUT2D eigenvalue weighted by molar-refractivity contribution is -0.137. The highest BCUT2D eigenvalue weighted by atomic mass is 35.5. The Morgan fingerprint density at radius 2 is 1.86 bits per heavy atom. The highest BCUT2D eigenvalue weighted by Crippen LogP contribution is 2.47. The Balaban J connectivity index is 1.38. The van der Waals surface area contributed by atoms with Gasteiger partial charge in [-0.1, -0.05) is 30.1 Å². The smallest absolute Gasteiger partial charge is 0.419 e. The van der Waals surface area contributed by atoms with Crippen LogP contribution in [0.2, 0.25) is 10.2 Å². The van der Waals surface area contributed by atoms with Gasteiger partial charge < -0.3 is 20.7 Å². The van der Waals surface area contributed by atoms with Gasteiger partial charge in [-0.25, -0.2) is 9.37 Å². The molecule has 4 aliphatic heterocycles. The first kappa shape index (κ1) is 29.1. The Hall–Kier alpha value is -2.67.